The van der Waals surface area contributed by atoms with E-state index in [1.165, 1.54) is 31.5 Å². The summed E-state index contributed by atoms with van der Waals surface area (Å²) in [5.74, 6) is -0.608. The summed E-state index contributed by atoms with van der Waals surface area (Å²) in [4.78, 5) is 45.2. The summed E-state index contributed by atoms with van der Waals surface area (Å²) in [6, 6.07) is 17.2. The van der Waals surface area contributed by atoms with Crippen LogP contribution in [-0.2, 0) is 0 Å². The fourth-order valence-electron chi connectivity index (χ4n) is 3.75. The van der Waals surface area contributed by atoms with Gasteiger partial charge in [0.05, 0.1) is 23.3 Å². The number of methoxy groups -OCH3 is 1. The number of hydrogen-bond acceptors (Lipinski definition) is 6. The van der Waals surface area contributed by atoms with Crippen molar-refractivity contribution in [1.82, 2.24) is 9.97 Å². The Balaban J connectivity index is 1.56. The van der Waals surface area contributed by atoms with Gasteiger partial charge in [0, 0.05) is 35.6 Å². The Labute approximate surface area is 206 Å². The highest BCUT2D eigenvalue weighted by Gasteiger charge is 2.19. The summed E-state index contributed by atoms with van der Waals surface area (Å²) in [6.45, 7) is 0.318. The van der Waals surface area contributed by atoms with Crippen molar-refractivity contribution in [3.8, 4) is 5.88 Å². The maximum absolute atomic E-state index is 13.0. The van der Waals surface area contributed by atoms with Crippen LogP contribution in [0, 0.1) is 0 Å². The molecular formula is C26H23ClN4O4. The molecule has 178 valence electrons. The predicted molar refractivity (Wildman–Crippen MR) is 136 cm³/mol. The van der Waals surface area contributed by atoms with Gasteiger partial charge in [0.2, 0.25) is 5.88 Å². The third-order valence-electron chi connectivity index (χ3n) is 5.68. The van der Waals surface area contributed by atoms with E-state index in [0.29, 0.717) is 28.9 Å². The van der Waals surface area contributed by atoms with E-state index in [1.54, 1.807) is 12.1 Å². The highest BCUT2D eigenvalue weighted by molar-refractivity contribution is 6.34. The maximum atomic E-state index is 13.0. The van der Waals surface area contributed by atoms with Crippen molar-refractivity contribution in [3.05, 3.63) is 98.9 Å². The molecule has 2 heterocycles. The number of H-pyrrole nitrogens is 1. The molecule has 4 rings (SSSR count). The minimum Gasteiger partial charge on any atom is -0.481 e. The molecule has 35 heavy (non-hydrogen) atoms. The summed E-state index contributed by atoms with van der Waals surface area (Å²) in [5, 5.41) is 3.42. The molecule has 4 N–H and O–H groups in total. The number of aromatic nitrogens is 2. The topological polar surface area (TPSA) is 127 Å². The number of nitrogens with one attached hydrogen (secondary N) is 2. The molecule has 0 fully saturated rings. The average molecular weight is 491 g/mol. The number of hydrogen-bond donors (Lipinski definition) is 3. The van der Waals surface area contributed by atoms with Crippen LogP contribution in [0.5, 0.6) is 5.88 Å². The third kappa shape index (κ3) is 5.40. The SMILES string of the molecule is COc1cc2[nH]c(=O)c(C(=O)Nc3cc(C(=O)CC(CN)c4ccccc4)ccc3Cl)cc2cn1. The van der Waals surface area contributed by atoms with E-state index in [-0.39, 0.29) is 34.4 Å². The lowest BCUT2D eigenvalue weighted by Gasteiger charge is -2.15. The molecule has 0 saturated heterocycles. The number of nitrogens with two attached hydrogens (primary N) is 1. The van der Waals surface area contributed by atoms with Gasteiger partial charge < -0.3 is 20.8 Å². The first-order chi connectivity index (χ1) is 16.9. The lowest BCUT2D eigenvalue weighted by atomic mass is 9.91. The Morgan fingerprint density at radius 2 is 1.91 bits per heavy atom. The van der Waals surface area contributed by atoms with Crippen molar-refractivity contribution < 1.29 is 14.3 Å². The lowest BCUT2D eigenvalue weighted by Crippen LogP contribution is -2.23. The number of rotatable bonds is 8. The second-order valence-corrected chi connectivity index (χ2v) is 8.35. The van der Waals surface area contributed by atoms with E-state index in [2.05, 4.69) is 15.3 Å². The van der Waals surface area contributed by atoms with Gasteiger partial charge in [0.15, 0.2) is 5.78 Å². The van der Waals surface area contributed by atoms with Gasteiger partial charge in [-0.3, -0.25) is 14.4 Å². The van der Waals surface area contributed by atoms with Gasteiger partial charge in [-0.15, -0.1) is 0 Å². The second kappa shape index (κ2) is 10.5. The quantitative estimate of drug-likeness (QED) is 0.318. The molecule has 0 aliphatic heterocycles. The number of anilines is 1. The largest absolute Gasteiger partial charge is 0.481 e. The molecule has 0 saturated carbocycles. The van der Waals surface area contributed by atoms with Crippen molar-refractivity contribution in [2.75, 3.05) is 19.0 Å². The number of halogens is 1. The van der Waals surface area contributed by atoms with E-state index >= 15 is 0 Å². The van der Waals surface area contributed by atoms with Crippen LogP contribution in [0.25, 0.3) is 10.9 Å². The van der Waals surface area contributed by atoms with Crippen molar-refractivity contribution in [2.45, 2.75) is 12.3 Å². The van der Waals surface area contributed by atoms with Gasteiger partial charge in [-0.2, -0.15) is 0 Å². The van der Waals surface area contributed by atoms with Crippen LogP contribution in [0.4, 0.5) is 5.69 Å². The van der Waals surface area contributed by atoms with E-state index in [9.17, 15) is 14.4 Å². The molecule has 1 atom stereocenters. The van der Waals surface area contributed by atoms with E-state index in [1.807, 2.05) is 30.3 Å². The van der Waals surface area contributed by atoms with Crippen LogP contribution < -0.4 is 21.3 Å². The molecule has 1 unspecified atom stereocenters. The molecule has 0 spiro atoms. The smallest absolute Gasteiger partial charge is 0.261 e. The van der Waals surface area contributed by atoms with Crippen molar-refractivity contribution >= 4 is 39.9 Å². The number of pyridine rings is 2. The van der Waals surface area contributed by atoms with Gasteiger partial charge in [-0.25, -0.2) is 4.98 Å². The van der Waals surface area contributed by atoms with Gasteiger partial charge >= 0.3 is 0 Å². The number of Topliss-reactive ketones (excluding diaryl/α,β-unsaturated/α-hetero) is 1. The predicted octanol–water partition coefficient (Wildman–Crippen LogP) is 4.15. The maximum Gasteiger partial charge on any atom is 0.261 e. The number of carbonyl (C=O) groups excluding carboxylic acids is 2. The Hall–Kier alpha value is -4.01. The normalized spacial score (nSPS) is 11.7. The zero-order valence-electron chi connectivity index (χ0n) is 18.9. The monoisotopic (exact) mass is 490 g/mol. The first-order valence-electron chi connectivity index (χ1n) is 10.9. The Bertz CT molecular complexity index is 1450. The fourth-order valence-corrected chi connectivity index (χ4v) is 3.91. The summed E-state index contributed by atoms with van der Waals surface area (Å²) < 4.78 is 5.06. The van der Waals surface area contributed by atoms with E-state index in [0.717, 1.165) is 5.56 Å². The number of benzene rings is 2. The number of ketones is 1. The first kappa shape index (κ1) is 24.1. The minimum absolute atomic E-state index is 0.121. The Morgan fingerprint density at radius 3 is 2.63 bits per heavy atom. The molecular weight excluding hydrogens is 468 g/mol. The van der Waals surface area contributed by atoms with Crippen LogP contribution in [0.3, 0.4) is 0 Å². The molecule has 4 aromatic rings. The van der Waals surface area contributed by atoms with Crippen LogP contribution in [0.15, 0.2) is 71.7 Å². The Kier molecular flexibility index (Phi) is 7.24. The van der Waals surface area contributed by atoms with Gasteiger partial charge in [-0.05, 0) is 36.4 Å². The standard InChI is InChI=1S/C26H23ClN4O4/c1-35-24-12-21-18(14-29-24)9-19(25(33)30-21)26(34)31-22-10-16(7-8-20(22)27)23(32)11-17(13-28)15-5-3-2-4-6-15/h2-10,12,14,17H,11,13,28H2,1H3,(H,30,33)(H,31,34). The third-order valence-corrected chi connectivity index (χ3v) is 6.01. The summed E-state index contributed by atoms with van der Waals surface area (Å²) in [5.41, 5.74) is 7.27. The van der Waals surface area contributed by atoms with E-state index in [4.69, 9.17) is 22.1 Å². The number of amides is 1. The summed E-state index contributed by atoms with van der Waals surface area (Å²) in [6.07, 6.45) is 1.70. The lowest BCUT2D eigenvalue weighted by molar-refractivity contribution is 0.0972. The molecule has 0 bridgehead atoms. The van der Waals surface area contributed by atoms with Crippen molar-refractivity contribution in [2.24, 2.45) is 5.73 Å². The molecule has 1 amide bonds. The number of ether oxygens (including phenoxy) is 1. The number of nitrogens with zero attached hydrogens (tertiary/aromatic N) is 1. The number of carbonyl (C=O) groups is 2. The average Bonchev–Trinajstić information content (AvgIpc) is 2.88. The van der Waals surface area contributed by atoms with Crippen LogP contribution in [-0.4, -0.2) is 35.3 Å². The zero-order chi connectivity index (χ0) is 24.9. The fraction of sp³-hybridized carbons (Fsp3) is 0.154. The molecule has 0 radical (unpaired) electrons. The molecule has 0 aliphatic carbocycles. The Morgan fingerprint density at radius 1 is 1.14 bits per heavy atom. The molecule has 2 aromatic heterocycles. The number of fused-ring (bicyclic) bond motifs is 1. The van der Waals surface area contributed by atoms with Crippen LogP contribution in [0.1, 0.15) is 38.6 Å². The van der Waals surface area contributed by atoms with Crippen LogP contribution in [0.2, 0.25) is 5.02 Å². The molecule has 8 nitrogen and oxygen atoms in total. The van der Waals surface area contributed by atoms with Crippen molar-refractivity contribution in [1.29, 1.82) is 0 Å². The second-order valence-electron chi connectivity index (χ2n) is 7.95. The van der Waals surface area contributed by atoms with E-state index < -0.39 is 11.5 Å². The van der Waals surface area contributed by atoms with Crippen molar-refractivity contribution in [3.63, 3.8) is 0 Å². The highest BCUT2D eigenvalue weighted by Crippen LogP contribution is 2.27. The zero-order valence-corrected chi connectivity index (χ0v) is 19.6. The number of aromatic amines is 1. The summed E-state index contributed by atoms with van der Waals surface area (Å²) >= 11 is 6.27. The molecule has 0 aliphatic rings. The molecule has 2 aromatic carbocycles. The van der Waals surface area contributed by atoms with Gasteiger partial charge in [0.1, 0.15) is 5.56 Å². The summed E-state index contributed by atoms with van der Waals surface area (Å²) in [7, 11) is 1.47. The van der Waals surface area contributed by atoms with Gasteiger partial charge in [-0.1, -0.05) is 41.9 Å². The van der Waals surface area contributed by atoms with Crippen LogP contribution >= 0.6 is 11.6 Å². The molecule has 9 heteroatoms. The van der Waals surface area contributed by atoms with Gasteiger partial charge in [0.25, 0.3) is 11.5 Å². The minimum atomic E-state index is -0.667. The highest BCUT2D eigenvalue weighted by atomic mass is 35.5. The first-order valence-corrected chi connectivity index (χ1v) is 11.2.